The van der Waals surface area contributed by atoms with E-state index in [-0.39, 0.29) is 11.4 Å². The van der Waals surface area contributed by atoms with Crippen LogP contribution < -0.4 is 0 Å². The Bertz CT molecular complexity index is 1560. The number of hydrogen-bond acceptors (Lipinski definition) is 4. The molecule has 0 amide bonds. The van der Waals surface area contributed by atoms with Crippen LogP contribution in [-0.4, -0.2) is 9.85 Å². The first-order chi connectivity index (χ1) is 18.5. The van der Waals surface area contributed by atoms with E-state index < -0.39 is 9.85 Å². The molecular formula is C32H22N2O4. The van der Waals surface area contributed by atoms with Crippen molar-refractivity contribution in [2.75, 3.05) is 0 Å². The van der Waals surface area contributed by atoms with Crippen molar-refractivity contribution in [2.24, 2.45) is 0 Å². The van der Waals surface area contributed by atoms with E-state index in [0.717, 1.165) is 43.8 Å². The van der Waals surface area contributed by atoms with E-state index in [4.69, 9.17) is 0 Å². The summed E-state index contributed by atoms with van der Waals surface area (Å²) < 4.78 is 0. The van der Waals surface area contributed by atoms with E-state index in [1.807, 2.05) is 36.4 Å². The minimum atomic E-state index is -0.404. The average Bonchev–Trinajstić information content (AvgIpc) is 2.93. The monoisotopic (exact) mass is 498 g/mol. The van der Waals surface area contributed by atoms with Crippen molar-refractivity contribution in [3.8, 4) is 0 Å². The Morgan fingerprint density at radius 1 is 0.421 bits per heavy atom. The molecule has 5 rings (SSSR count). The molecule has 0 aliphatic heterocycles. The first kappa shape index (κ1) is 24.3. The molecule has 5 aromatic rings. The van der Waals surface area contributed by atoms with Gasteiger partial charge in [-0.05, 0) is 68.1 Å². The molecule has 0 aromatic heterocycles. The van der Waals surface area contributed by atoms with Gasteiger partial charge in [-0.15, -0.1) is 0 Å². The molecule has 6 nitrogen and oxygen atoms in total. The Morgan fingerprint density at radius 2 is 0.737 bits per heavy atom. The molecule has 38 heavy (non-hydrogen) atoms. The van der Waals surface area contributed by atoms with E-state index in [1.165, 1.54) is 24.3 Å². The van der Waals surface area contributed by atoms with Crippen LogP contribution in [0.1, 0.15) is 22.3 Å². The second-order valence-electron chi connectivity index (χ2n) is 8.73. The lowest BCUT2D eigenvalue weighted by molar-refractivity contribution is -0.385. The van der Waals surface area contributed by atoms with Gasteiger partial charge in [0, 0.05) is 24.3 Å². The number of fused-ring (bicyclic) bond motifs is 4. The highest BCUT2D eigenvalue weighted by atomic mass is 16.6. The summed E-state index contributed by atoms with van der Waals surface area (Å²) in [6.45, 7) is 0. The lowest BCUT2D eigenvalue weighted by Gasteiger charge is -2.05. The van der Waals surface area contributed by atoms with E-state index >= 15 is 0 Å². The fraction of sp³-hybridized carbons (Fsp3) is 0. The lowest BCUT2D eigenvalue weighted by Crippen LogP contribution is -1.86. The summed E-state index contributed by atoms with van der Waals surface area (Å²) in [5.74, 6) is 0. The van der Waals surface area contributed by atoms with Crippen molar-refractivity contribution in [1.82, 2.24) is 0 Å². The molecule has 0 spiro atoms. The number of hydrogen-bond donors (Lipinski definition) is 0. The van der Waals surface area contributed by atoms with Crippen molar-refractivity contribution in [3.05, 3.63) is 152 Å². The fourth-order valence-corrected chi connectivity index (χ4v) is 4.30. The van der Waals surface area contributed by atoms with Gasteiger partial charge in [-0.1, -0.05) is 85.0 Å². The van der Waals surface area contributed by atoms with Gasteiger partial charge in [-0.25, -0.2) is 0 Å². The third kappa shape index (κ3) is 5.39. The van der Waals surface area contributed by atoms with Crippen LogP contribution in [0.4, 0.5) is 11.4 Å². The maximum absolute atomic E-state index is 10.9. The summed E-state index contributed by atoms with van der Waals surface area (Å²) in [6, 6.07) is 33.6. The fourth-order valence-electron chi connectivity index (χ4n) is 4.30. The summed E-state index contributed by atoms with van der Waals surface area (Å²) in [5.41, 5.74) is 3.98. The highest BCUT2D eigenvalue weighted by Crippen LogP contribution is 2.25. The van der Waals surface area contributed by atoms with Crippen LogP contribution in [0.25, 0.3) is 45.8 Å². The standard InChI is InChI=1S/C32H22N2O4/c35-33(36)29-17-7-23(8-18-29)11-21-31-25-3-1-4-26(31)14-16-28-6-2-5-27(15-13-25)32(28)22-12-24-9-19-30(20-10-24)34(37)38/h1-22H/b15-13?,16-14?,21-11-,22-12+. The van der Waals surface area contributed by atoms with Crippen molar-refractivity contribution >= 4 is 57.2 Å². The van der Waals surface area contributed by atoms with Crippen LogP contribution in [0.5, 0.6) is 0 Å². The van der Waals surface area contributed by atoms with Crippen molar-refractivity contribution in [3.63, 3.8) is 0 Å². The van der Waals surface area contributed by atoms with Gasteiger partial charge in [0.2, 0.25) is 0 Å². The van der Waals surface area contributed by atoms with Gasteiger partial charge in [-0.3, -0.25) is 20.2 Å². The zero-order valence-electron chi connectivity index (χ0n) is 20.2. The topological polar surface area (TPSA) is 86.3 Å². The Balaban J connectivity index is 1.57. The molecule has 0 fully saturated rings. The van der Waals surface area contributed by atoms with Gasteiger partial charge in [0.05, 0.1) is 9.85 Å². The first-order valence-corrected chi connectivity index (χ1v) is 12.0. The number of nitro benzene ring substituents is 2. The van der Waals surface area contributed by atoms with Crippen LogP contribution in [0.15, 0.2) is 109 Å². The minimum absolute atomic E-state index is 0.0656. The van der Waals surface area contributed by atoms with Gasteiger partial charge in [0.25, 0.3) is 11.4 Å². The second-order valence-corrected chi connectivity index (χ2v) is 8.73. The van der Waals surface area contributed by atoms with Gasteiger partial charge >= 0.3 is 0 Å². The molecular weight excluding hydrogens is 476 g/mol. The van der Waals surface area contributed by atoms with Gasteiger partial charge in [0.1, 0.15) is 0 Å². The molecule has 0 heterocycles. The molecule has 6 heteroatoms. The van der Waals surface area contributed by atoms with Crippen LogP contribution in [0.2, 0.25) is 0 Å². The lowest BCUT2D eigenvalue weighted by atomic mass is 10.00. The quantitative estimate of drug-likeness (QED) is 0.133. The number of benzene rings is 4. The maximum atomic E-state index is 10.9. The first-order valence-electron chi connectivity index (χ1n) is 12.0. The second kappa shape index (κ2) is 10.7. The van der Waals surface area contributed by atoms with Crippen LogP contribution in [0.3, 0.4) is 0 Å². The number of nitro groups is 2. The third-order valence-electron chi connectivity index (χ3n) is 6.32. The summed E-state index contributed by atoms with van der Waals surface area (Å²) in [6.07, 6.45) is 7.98. The molecule has 0 saturated carbocycles. The van der Waals surface area contributed by atoms with Crippen LogP contribution >= 0.6 is 0 Å². The van der Waals surface area contributed by atoms with E-state index in [1.54, 1.807) is 24.3 Å². The summed E-state index contributed by atoms with van der Waals surface area (Å²) >= 11 is 0. The van der Waals surface area contributed by atoms with Gasteiger partial charge < -0.3 is 0 Å². The average molecular weight is 499 g/mol. The molecule has 5 aromatic carbocycles. The molecule has 0 aliphatic rings. The zero-order chi connectivity index (χ0) is 26.5. The summed E-state index contributed by atoms with van der Waals surface area (Å²) in [4.78, 5) is 21.1. The molecule has 0 N–H and O–H groups in total. The minimum Gasteiger partial charge on any atom is -0.258 e. The Morgan fingerprint density at radius 3 is 1.03 bits per heavy atom. The number of rotatable bonds is 6. The summed E-state index contributed by atoms with van der Waals surface area (Å²) in [7, 11) is 0. The number of non-ortho nitro benzene ring substituents is 2. The molecule has 0 aliphatic carbocycles. The van der Waals surface area contributed by atoms with Crippen LogP contribution in [-0.2, 0) is 0 Å². The summed E-state index contributed by atoms with van der Waals surface area (Å²) in [5, 5.41) is 26.1. The van der Waals surface area contributed by atoms with E-state index in [9.17, 15) is 20.2 Å². The third-order valence-corrected chi connectivity index (χ3v) is 6.32. The van der Waals surface area contributed by atoms with Crippen LogP contribution in [0, 0.1) is 20.2 Å². The molecule has 0 atom stereocenters. The smallest absolute Gasteiger partial charge is 0.258 e. The van der Waals surface area contributed by atoms with Crippen molar-refractivity contribution in [2.45, 2.75) is 0 Å². The normalized spacial score (nSPS) is 11.4. The highest BCUT2D eigenvalue weighted by molar-refractivity contribution is 5.94. The molecule has 0 saturated heterocycles. The maximum Gasteiger partial charge on any atom is 0.269 e. The SMILES string of the molecule is O=[N+]([O-])c1ccc(/C=C\c2c3cccc2ccc2cccc(cc3)c2/C=C/c2ccc([N+](=O)[O-])cc2)cc1. The van der Waals surface area contributed by atoms with Crippen molar-refractivity contribution < 1.29 is 9.85 Å². The molecule has 0 radical (unpaired) electrons. The predicted molar refractivity (Wildman–Crippen MR) is 154 cm³/mol. The Kier molecular flexibility index (Phi) is 6.87. The molecule has 0 unspecified atom stereocenters. The van der Waals surface area contributed by atoms with Gasteiger partial charge in [-0.2, -0.15) is 0 Å². The highest BCUT2D eigenvalue weighted by Gasteiger charge is 2.05. The Labute approximate surface area is 218 Å². The molecule has 4 bridgehead atoms. The molecule has 184 valence electrons. The van der Waals surface area contributed by atoms with Crippen molar-refractivity contribution in [1.29, 1.82) is 0 Å². The van der Waals surface area contributed by atoms with E-state index in [0.29, 0.717) is 0 Å². The predicted octanol–water partition coefficient (Wildman–Crippen LogP) is 8.71. The Hall–Kier alpha value is -5.36. The number of nitrogens with zero attached hydrogens (tertiary/aromatic N) is 2. The van der Waals surface area contributed by atoms with E-state index in [2.05, 4.69) is 48.5 Å². The largest absolute Gasteiger partial charge is 0.269 e. The zero-order valence-corrected chi connectivity index (χ0v) is 20.2. The van der Waals surface area contributed by atoms with Gasteiger partial charge in [0.15, 0.2) is 0 Å².